The average Bonchev–Trinajstić information content (AvgIpc) is 3.06. The van der Waals surface area contributed by atoms with Crippen molar-refractivity contribution in [2.75, 3.05) is 20.6 Å². The summed E-state index contributed by atoms with van der Waals surface area (Å²) in [4.78, 5) is 18.0. The Bertz CT molecular complexity index is 893. The minimum absolute atomic E-state index is 0.251. The van der Waals surface area contributed by atoms with Crippen LogP contribution in [0.15, 0.2) is 33.8 Å². The zero-order valence-electron chi connectivity index (χ0n) is 20.6. The Balaban J connectivity index is 1.83. The number of nitrogens with zero attached hydrogens (tertiary/aromatic N) is 3. The molecule has 0 radical (unpaired) electrons. The molecular weight excluding hydrogens is 406 g/mol. The van der Waals surface area contributed by atoms with Gasteiger partial charge in [-0.2, -0.15) is 0 Å². The highest BCUT2D eigenvalue weighted by molar-refractivity contribution is 5.79. The second kappa shape index (κ2) is 11.0. The van der Waals surface area contributed by atoms with E-state index in [1.807, 2.05) is 58.9 Å². The van der Waals surface area contributed by atoms with Crippen molar-refractivity contribution in [2.45, 2.75) is 66.2 Å². The van der Waals surface area contributed by atoms with Gasteiger partial charge in [0.2, 0.25) is 0 Å². The number of aliphatic imine (C=N–C) groups is 1. The smallest absolute Gasteiger partial charge is 0.410 e. The molecule has 2 N–H and O–H groups in total. The van der Waals surface area contributed by atoms with Gasteiger partial charge < -0.3 is 24.8 Å². The molecule has 0 saturated carbocycles. The molecule has 1 unspecified atom stereocenters. The minimum Gasteiger partial charge on any atom is -0.444 e. The predicted molar refractivity (Wildman–Crippen MR) is 127 cm³/mol. The van der Waals surface area contributed by atoms with Crippen LogP contribution in [0.2, 0.25) is 0 Å². The van der Waals surface area contributed by atoms with Gasteiger partial charge in [-0.05, 0) is 45.7 Å². The van der Waals surface area contributed by atoms with Gasteiger partial charge in [0, 0.05) is 45.2 Å². The topological polar surface area (TPSA) is 92.0 Å². The van der Waals surface area contributed by atoms with Gasteiger partial charge >= 0.3 is 6.09 Å². The summed E-state index contributed by atoms with van der Waals surface area (Å²) in [6.07, 6.45) is -0.330. The van der Waals surface area contributed by atoms with Crippen molar-refractivity contribution in [3.05, 3.63) is 52.4 Å². The monoisotopic (exact) mass is 443 g/mol. The van der Waals surface area contributed by atoms with Crippen molar-refractivity contribution in [1.29, 1.82) is 0 Å². The van der Waals surface area contributed by atoms with Crippen LogP contribution in [0.5, 0.6) is 0 Å². The van der Waals surface area contributed by atoms with E-state index in [9.17, 15) is 4.79 Å². The summed E-state index contributed by atoms with van der Waals surface area (Å²) in [6.45, 7) is 13.5. The fourth-order valence-corrected chi connectivity index (χ4v) is 3.39. The van der Waals surface area contributed by atoms with Crippen LogP contribution in [0.25, 0.3) is 0 Å². The van der Waals surface area contributed by atoms with Crippen LogP contribution >= 0.6 is 0 Å². The van der Waals surface area contributed by atoms with E-state index >= 15 is 0 Å². The molecule has 0 saturated heterocycles. The molecule has 8 nitrogen and oxygen atoms in total. The number of guanidine groups is 1. The third-order valence-electron chi connectivity index (χ3n) is 4.99. The zero-order chi connectivity index (χ0) is 23.9. The van der Waals surface area contributed by atoms with Gasteiger partial charge in [0.25, 0.3) is 0 Å². The fraction of sp³-hybridized carbons (Fsp3) is 0.542. The Morgan fingerprint density at radius 3 is 2.34 bits per heavy atom. The third-order valence-corrected chi connectivity index (χ3v) is 4.99. The first-order valence-corrected chi connectivity index (χ1v) is 10.9. The van der Waals surface area contributed by atoms with E-state index in [1.54, 1.807) is 19.0 Å². The van der Waals surface area contributed by atoms with Gasteiger partial charge in [0.05, 0.1) is 5.69 Å². The van der Waals surface area contributed by atoms with Crippen molar-refractivity contribution < 1.29 is 14.1 Å². The molecular formula is C24H37N5O3. The predicted octanol–water partition coefficient (Wildman–Crippen LogP) is 4.13. The zero-order valence-corrected chi connectivity index (χ0v) is 20.6. The van der Waals surface area contributed by atoms with Crippen LogP contribution < -0.4 is 10.6 Å². The highest BCUT2D eigenvalue weighted by Gasteiger charge is 2.19. The van der Waals surface area contributed by atoms with E-state index in [0.717, 1.165) is 40.6 Å². The Morgan fingerprint density at radius 2 is 1.81 bits per heavy atom. The standard InChI is InChI=1S/C24H37N5O3/c1-16(21-17(2)28-32-18(21)3)13-26-22(25-7)27-14-19-9-11-20(12-10-19)15-29(8)23(30)31-24(4,5)6/h9-12,16H,13-15H2,1-8H3,(H2,25,26,27). The molecule has 1 aromatic heterocycles. The summed E-state index contributed by atoms with van der Waals surface area (Å²) in [5, 5.41) is 10.7. The fourth-order valence-electron chi connectivity index (χ4n) is 3.39. The number of hydrogen-bond donors (Lipinski definition) is 2. The Labute approximate surface area is 191 Å². The van der Waals surface area contributed by atoms with Crippen molar-refractivity contribution in [1.82, 2.24) is 20.7 Å². The number of aryl methyl sites for hydroxylation is 2. The van der Waals surface area contributed by atoms with E-state index in [1.165, 1.54) is 0 Å². The summed E-state index contributed by atoms with van der Waals surface area (Å²) >= 11 is 0. The van der Waals surface area contributed by atoms with Gasteiger partial charge in [0.15, 0.2) is 5.96 Å². The number of carbonyl (C=O) groups excluding carboxylic acids is 1. The molecule has 1 heterocycles. The molecule has 0 aliphatic rings. The number of carbonyl (C=O) groups is 1. The first-order valence-electron chi connectivity index (χ1n) is 10.9. The van der Waals surface area contributed by atoms with E-state index in [-0.39, 0.29) is 12.0 Å². The molecule has 1 atom stereocenters. The Hall–Kier alpha value is -3.03. The Morgan fingerprint density at radius 1 is 1.19 bits per heavy atom. The normalized spacial score (nSPS) is 12.9. The summed E-state index contributed by atoms with van der Waals surface area (Å²) in [5.74, 6) is 1.84. The number of amides is 1. The van der Waals surface area contributed by atoms with Crippen molar-refractivity contribution in [2.24, 2.45) is 4.99 Å². The summed E-state index contributed by atoms with van der Waals surface area (Å²) in [5.41, 5.74) is 3.73. The van der Waals surface area contributed by atoms with Crippen molar-refractivity contribution >= 4 is 12.1 Å². The largest absolute Gasteiger partial charge is 0.444 e. The summed E-state index contributed by atoms with van der Waals surface area (Å²) < 4.78 is 10.7. The first-order chi connectivity index (χ1) is 15.0. The molecule has 2 aromatic rings. The van der Waals surface area contributed by atoms with Crippen LogP contribution in [0.4, 0.5) is 4.79 Å². The Kier molecular flexibility index (Phi) is 8.69. The van der Waals surface area contributed by atoms with Gasteiger partial charge in [-0.1, -0.05) is 36.3 Å². The lowest BCUT2D eigenvalue weighted by atomic mass is 10.00. The third kappa shape index (κ3) is 7.59. The number of rotatable bonds is 7. The number of nitrogens with one attached hydrogen (secondary N) is 2. The van der Waals surface area contributed by atoms with Gasteiger partial charge in [-0.25, -0.2) is 4.79 Å². The first kappa shape index (κ1) is 25.2. The molecule has 8 heteroatoms. The number of ether oxygens (including phenoxy) is 1. The van der Waals surface area contributed by atoms with Crippen LogP contribution in [0.1, 0.15) is 61.8 Å². The van der Waals surface area contributed by atoms with E-state index in [0.29, 0.717) is 13.1 Å². The van der Waals surface area contributed by atoms with Gasteiger partial charge in [-0.3, -0.25) is 4.99 Å². The van der Waals surface area contributed by atoms with Crippen LogP contribution in [-0.2, 0) is 17.8 Å². The molecule has 1 aromatic carbocycles. The minimum atomic E-state index is -0.502. The molecule has 0 aliphatic heterocycles. The molecule has 2 rings (SSSR count). The van der Waals surface area contributed by atoms with Gasteiger partial charge in [0.1, 0.15) is 11.4 Å². The molecule has 0 spiro atoms. The maximum atomic E-state index is 12.1. The van der Waals surface area contributed by atoms with E-state index in [4.69, 9.17) is 9.26 Å². The lowest BCUT2D eigenvalue weighted by molar-refractivity contribution is 0.0285. The summed E-state index contributed by atoms with van der Waals surface area (Å²) in [7, 11) is 3.49. The van der Waals surface area contributed by atoms with Crippen LogP contribution in [0, 0.1) is 13.8 Å². The highest BCUT2D eigenvalue weighted by Crippen LogP contribution is 2.22. The van der Waals surface area contributed by atoms with Crippen LogP contribution in [0.3, 0.4) is 0 Å². The number of hydrogen-bond acceptors (Lipinski definition) is 5. The lowest BCUT2D eigenvalue weighted by Crippen LogP contribution is -2.38. The number of aromatic nitrogens is 1. The molecule has 0 bridgehead atoms. The summed E-state index contributed by atoms with van der Waals surface area (Å²) in [6, 6.07) is 8.14. The maximum Gasteiger partial charge on any atom is 0.410 e. The highest BCUT2D eigenvalue weighted by atomic mass is 16.6. The van der Waals surface area contributed by atoms with E-state index in [2.05, 4.69) is 27.7 Å². The van der Waals surface area contributed by atoms with E-state index < -0.39 is 5.60 Å². The molecule has 0 aliphatic carbocycles. The molecule has 0 fully saturated rings. The van der Waals surface area contributed by atoms with Crippen molar-refractivity contribution in [3.8, 4) is 0 Å². The quantitative estimate of drug-likeness (QED) is 0.494. The van der Waals surface area contributed by atoms with Gasteiger partial charge in [-0.15, -0.1) is 0 Å². The van der Waals surface area contributed by atoms with Crippen molar-refractivity contribution in [3.63, 3.8) is 0 Å². The molecule has 1 amide bonds. The molecule has 176 valence electrons. The second-order valence-corrected chi connectivity index (χ2v) is 9.10. The number of benzene rings is 1. The second-order valence-electron chi connectivity index (χ2n) is 9.10. The average molecular weight is 444 g/mol. The lowest BCUT2D eigenvalue weighted by Gasteiger charge is -2.24. The van der Waals surface area contributed by atoms with Crippen LogP contribution in [-0.4, -0.2) is 48.4 Å². The maximum absolute atomic E-state index is 12.1. The SMILES string of the molecule is CN=C(NCc1ccc(CN(C)C(=O)OC(C)(C)C)cc1)NCC(C)c1c(C)noc1C. The molecule has 32 heavy (non-hydrogen) atoms.